The van der Waals surface area contributed by atoms with E-state index in [4.69, 9.17) is 14.2 Å². The van der Waals surface area contributed by atoms with E-state index in [1.807, 2.05) is 6.07 Å². The Kier molecular flexibility index (Phi) is 6.56. The van der Waals surface area contributed by atoms with Gasteiger partial charge in [-0.1, -0.05) is 25.5 Å². The largest absolute Gasteiger partial charge is 0.493 e. The van der Waals surface area contributed by atoms with E-state index in [0.717, 1.165) is 12.8 Å². The second-order valence-electron chi connectivity index (χ2n) is 4.29. The lowest BCUT2D eigenvalue weighted by molar-refractivity contribution is -0.186. The van der Waals surface area contributed by atoms with E-state index in [2.05, 4.69) is 6.92 Å². The van der Waals surface area contributed by atoms with Gasteiger partial charge in [-0.3, -0.25) is 9.59 Å². The molecule has 0 fully saturated rings. The molecule has 0 N–H and O–H groups in total. The van der Waals surface area contributed by atoms with Crippen LogP contribution in [0.5, 0.6) is 5.75 Å². The summed E-state index contributed by atoms with van der Waals surface area (Å²) in [6, 6.07) is 7.04. The molecule has 0 heterocycles. The highest BCUT2D eigenvalue weighted by Crippen LogP contribution is 2.29. The van der Waals surface area contributed by atoms with Crippen molar-refractivity contribution >= 4 is 11.9 Å². The van der Waals surface area contributed by atoms with Gasteiger partial charge in [-0.2, -0.15) is 0 Å². The lowest BCUT2D eigenvalue weighted by atomic mass is 10.2. The molecule has 0 radical (unpaired) electrons. The molecule has 0 saturated heterocycles. The van der Waals surface area contributed by atoms with Crippen molar-refractivity contribution in [1.82, 2.24) is 0 Å². The molecule has 0 aliphatic heterocycles. The zero-order valence-corrected chi connectivity index (χ0v) is 12.0. The van der Waals surface area contributed by atoms with Crippen molar-refractivity contribution in [2.45, 2.75) is 39.9 Å². The molecule has 110 valence electrons. The van der Waals surface area contributed by atoms with E-state index in [9.17, 15) is 9.59 Å². The number of hydrogen-bond donors (Lipinski definition) is 0. The van der Waals surface area contributed by atoms with Crippen LogP contribution in [0, 0.1) is 0 Å². The highest BCUT2D eigenvalue weighted by Gasteiger charge is 2.21. The van der Waals surface area contributed by atoms with Gasteiger partial charge < -0.3 is 14.2 Å². The lowest BCUT2D eigenvalue weighted by Gasteiger charge is -2.19. The molecule has 0 aliphatic rings. The van der Waals surface area contributed by atoms with E-state index in [1.165, 1.54) is 13.8 Å². The second-order valence-corrected chi connectivity index (χ2v) is 4.29. The van der Waals surface area contributed by atoms with Crippen molar-refractivity contribution in [3.63, 3.8) is 0 Å². The fraction of sp³-hybridized carbons (Fsp3) is 0.467. The first-order chi connectivity index (χ1) is 9.54. The Bertz CT molecular complexity index is 439. The van der Waals surface area contributed by atoms with Crippen LogP contribution in [0.3, 0.4) is 0 Å². The molecule has 1 rings (SSSR count). The summed E-state index contributed by atoms with van der Waals surface area (Å²) in [5.41, 5.74) is 0.522. The highest BCUT2D eigenvalue weighted by atomic mass is 16.7. The number of unbranched alkanes of at least 4 members (excludes halogenated alkanes) is 1. The maximum Gasteiger partial charge on any atom is 0.305 e. The third kappa shape index (κ3) is 5.30. The van der Waals surface area contributed by atoms with Crippen molar-refractivity contribution in [1.29, 1.82) is 0 Å². The Morgan fingerprint density at radius 2 is 1.70 bits per heavy atom. The molecular formula is C15H20O5. The van der Waals surface area contributed by atoms with E-state index in [-0.39, 0.29) is 0 Å². The Hall–Kier alpha value is -2.04. The smallest absolute Gasteiger partial charge is 0.305 e. The Balaban J connectivity index is 2.92. The minimum Gasteiger partial charge on any atom is -0.493 e. The van der Waals surface area contributed by atoms with Gasteiger partial charge in [0.05, 0.1) is 12.2 Å². The first-order valence-electron chi connectivity index (χ1n) is 6.60. The summed E-state index contributed by atoms with van der Waals surface area (Å²) in [5, 5.41) is 0. The monoisotopic (exact) mass is 280 g/mol. The van der Waals surface area contributed by atoms with Crippen LogP contribution in [0.25, 0.3) is 0 Å². The van der Waals surface area contributed by atoms with Crippen molar-refractivity contribution in [2.24, 2.45) is 0 Å². The number of rotatable bonds is 7. The van der Waals surface area contributed by atoms with Crippen molar-refractivity contribution < 1.29 is 23.8 Å². The Labute approximate surface area is 118 Å². The molecule has 0 unspecified atom stereocenters. The molecule has 0 spiro atoms. The topological polar surface area (TPSA) is 61.8 Å². The van der Waals surface area contributed by atoms with Gasteiger partial charge >= 0.3 is 11.9 Å². The van der Waals surface area contributed by atoms with Crippen molar-refractivity contribution in [3.8, 4) is 5.75 Å². The molecular weight excluding hydrogens is 260 g/mol. The second kappa shape index (κ2) is 8.19. The van der Waals surface area contributed by atoms with Crippen LogP contribution in [0.1, 0.15) is 45.5 Å². The summed E-state index contributed by atoms with van der Waals surface area (Å²) in [7, 11) is 0. The third-order valence-electron chi connectivity index (χ3n) is 2.47. The summed E-state index contributed by atoms with van der Waals surface area (Å²) in [6.45, 7) is 5.14. The van der Waals surface area contributed by atoms with E-state index in [1.54, 1.807) is 18.2 Å². The SMILES string of the molecule is CCCCOc1ccccc1C(OC(C)=O)OC(C)=O. The minimum atomic E-state index is -1.08. The van der Waals surface area contributed by atoms with Crippen LogP contribution in [0.2, 0.25) is 0 Å². The molecule has 1 aromatic rings. The molecule has 0 bridgehead atoms. The number of benzene rings is 1. The van der Waals surface area contributed by atoms with E-state index >= 15 is 0 Å². The summed E-state index contributed by atoms with van der Waals surface area (Å²) in [4.78, 5) is 22.3. The predicted molar refractivity (Wildman–Crippen MR) is 73.1 cm³/mol. The Morgan fingerprint density at radius 3 is 2.25 bits per heavy atom. The van der Waals surface area contributed by atoms with Crippen molar-refractivity contribution in [3.05, 3.63) is 29.8 Å². The summed E-state index contributed by atoms with van der Waals surface area (Å²) >= 11 is 0. The van der Waals surface area contributed by atoms with Gasteiger partial charge in [-0.15, -0.1) is 0 Å². The van der Waals surface area contributed by atoms with Crippen LogP contribution < -0.4 is 4.74 Å². The van der Waals surface area contributed by atoms with Gasteiger partial charge in [0, 0.05) is 13.8 Å². The van der Waals surface area contributed by atoms with E-state index in [0.29, 0.717) is 17.9 Å². The summed E-state index contributed by atoms with van der Waals surface area (Å²) in [6.07, 6.45) is 0.849. The molecule has 5 heteroatoms. The first-order valence-corrected chi connectivity index (χ1v) is 6.60. The molecule has 1 aromatic carbocycles. The molecule has 0 amide bonds. The summed E-state index contributed by atoms with van der Waals surface area (Å²) in [5.74, 6) is -0.507. The average molecular weight is 280 g/mol. The van der Waals surface area contributed by atoms with Gasteiger partial charge in [0.2, 0.25) is 0 Å². The molecule has 0 aliphatic carbocycles. The fourth-order valence-electron chi connectivity index (χ4n) is 1.59. The first kappa shape index (κ1) is 16.0. The minimum absolute atomic E-state index is 0.522. The third-order valence-corrected chi connectivity index (χ3v) is 2.47. The molecule has 5 nitrogen and oxygen atoms in total. The van der Waals surface area contributed by atoms with Crippen LogP contribution in [-0.2, 0) is 19.1 Å². The number of hydrogen-bond acceptors (Lipinski definition) is 5. The number of ether oxygens (including phenoxy) is 3. The van der Waals surface area contributed by atoms with Crippen LogP contribution in [0.15, 0.2) is 24.3 Å². The quantitative estimate of drug-likeness (QED) is 0.436. The highest BCUT2D eigenvalue weighted by molar-refractivity contribution is 5.68. The zero-order chi connectivity index (χ0) is 15.0. The number of carbonyl (C=O) groups is 2. The van der Waals surface area contributed by atoms with Crippen LogP contribution >= 0.6 is 0 Å². The summed E-state index contributed by atoms with van der Waals surface area (Å²) < 4.78 is 15.7. The lowest BCUT2D eigenvalue weighted by Crippen LogP contribution is -2.16. The fourth-order valence-corrected chi connectivity index (χ4v) is 1.59. The molecule has 0 saturated carbocycles. The van der Waals surface area contributed by atoms with Gasteiger partial charge in [-0.05, 0) is 18.6 Å². The van der Waals surface area contributed by atoms with Gasteiger partial charge in [0.1, 0.15) is 5.75 Å². The Morgan fingerprint density at radius 1 is 1.10 bits per heavy atom. The van der Waals surface area contributed by atoms with Crippen molar-refractivity contribution in [2.75, 3.05) is 6.61 Å². The predicted octanol–water partition coefficient (Wildman–Crippen LogP) is 2.99. The maximum atomic E-state index is 11.1. The maximum absolute atomic E-state index is 11.1. The molecule has 20 heavy (non-hydrogen) atoms. The molecule has 0 atom stereocenters. The standard InChI is InChI=1S/C15H20O5/c1-4-5-10-18-14-9-7-6-8-13(14)15(19-11(2)16)20-12(3)17/h6-9,15H,4-5,10H2,1-3H3. The number of para-hydroxylation sites is 1. The zero-order valence-electron chi connectivity index (χ0n) is 12.0. The van der Waals surface area contributed by atoms with Crippen LogP contribution in [-0.4, -0.2) is 18.5 Å². The normalized spacial score (nSPS) is 10.2. The number of carbonyl (C=O) groups excluding carboxylic acids is 2. The van der Waals surface area contributed by atoms with E-state index < -0.39 is 18.2 Å². The van der Waals surface area contributed by atoms with Crippen LogP contribution in [0.4, 0.5) is 0 Å². The average Bonchev–Trinajstić information content (AvgIpc) is 2.38. The van der Waals surface area contributed by atoms with Gasteiger partial charge in [-0.25, -0.2) is 0 Å². The van der Waals surface area contributed by atoms with Gasteiger partial charge in [0.25, 0.3) is 6.29 Å². The van der Waals surface area contributed by atoms with Gasteiger partial charge in [0.15, 0.2) is 0 Å². The molecule has 0 aromatic heterocycles. The number of esters is 2.